The highest BCUT2D eigenvalue weighted by Gasteiger charge is 2.18. The van der Waals surface area contributed by atoms with Crippen molar-refractivity contribution in [1.82, 2.24) is 9.47 Å². The van der Waals surface area contributed by atoms with Gasteiger partial charge in [0.1, 0.15) is 6.54 Å². The van der Waals surface area contributed by atoms with Crippen molar-refractivity contribution in [2.24, 2.45) is 0 Å². The molecule has 0 aliphatic carbocycles. The lowest BCUT2D eigenvalue weighted by molar-refractivity contribution is -0.130. The summed E-state index contributed by atoms with van der Waals surface area (Å²) in [4.78, 5) is 14.1. The van der Waals surface area contributed by atoms with E-state index in [1.54, 1.807) is 0 Å². The van der Waals surface area contributed by atoms with Crippen LogP contribution >= 0.6 is 0 Å². The van der Waals surface area contributed by atoms with E-state index in [-0.39, 0.29) is 5.91 Å². The number of carbonyl (C=O) groups is 1. The van der Waals surface area contributed by atoms with Gasteiger partial charge < -0.3 is 15.2 Å². The SMILES string of the molecule is Nc1cccc2c1ccn2CC(=O)N1CCCC1. The Morgan fingerprint density at radius 3 is 2.78 bits per heavy atom. The minimum atomic E-state index is 0.201. The van der Waals surface area contributed by atoms with Crippen LogP contribution in [-0.2, 0) is 11.3 Å². The second-order valence-electron chi connectivity index (χ2n) is 4.81. The topological polar surface area (TPSA) is 51.3 Å². The molecule has 18 heavy (non-hydrogen) atoms. The summed E-state index contributed by atoms with van der Waals surface area (Å²) in [5, 5.41) is 1.02. The second kappa shape index (κ2) is 4.37. The maximum Gasteiger partial charge on any atom is 0.242 e. The highest BCUT2D eigenvalue weighted by atomic mass is 16.2. The van der Waals surface area contributed by atoms with Gasteiger partial charge >= 0.3 is 0 Å². The van der Waals surface area contributed by atoms with E-state index in [0.29, 0.717) is 6.54 Å². The Bertz CT molecular complexity index is 582. The predicted octanol–water partition coefficient (Wildman–Crippen LogP) is 1.85. The monoisotopic (exact) mass is 243 g/mol. The maximum atomic E-state index is 12.1. The Hall–Kier alpha value is -1.97. The van der Waals surface area contributed by atoms with Crippen molar-refractivity contribution in [3.8, 4) is 0 Å². The van der Waals surface area contributed by atoms with E-state index in [1.165, 1.54) is 0 Å². The number of hydrogen-bond acceptors (Lipinski definition) is 2. The van der Waals surface area contributed by atoms with Crippen LogP contribution in [0, 0.1) is 0 Å². The smallest absolute Gasteiger partial charge is 0.242 e. The molecule has 1 aliphatic heterocycles. The van der Waals surface area contributed by atoms with E-state index >= 15 is 0 Å². The van der Waals surface area contributed by atoms with E-state index in [9.17, 15) is 4.79 Å². The highest BCUT2D eigenvalue weighted by Crippen LogP contribution is 2.22. The summed E-state index contributed by atoms with van der Waals surface area (Å²) in [5.74, 6) is 0.201. The van der Waals surface area contributed by atoms with Gasteiger partial charge in [-0.05, 0) is 31.0 Å². The van der Waals surface area contributed by atoms with Crippen LogP contribution in [0.1, 0.15) is 12.8 Å². The van der Waals surface area contributed by atoms with Gasteiger partial charge in [0.2, 0.25) is 5.91 Å². The summed E-state index contributed by atoms with van der Waals surface area (Å²) in [6.45, 7) is 2.22. The summed E-state index contributed by atoms with van der Waals surface area (Å²) < 4.78 is 1.98. The number of amides is 1. The highest BCUT2D eigenvalue weighted by molar-refractivity contribution is 5.92. The van der Waals surface area contributed by atoms with Gasteiger partial charge in [0.25, 0.3) is 0 Å². The van der Waals surface area contributed by atoms with Crippen molar-refractivity contribution in [1.29, 1.82) is 0 Å². The van der Waals surface area contributed by atoms with Gasteiger partial charge in [-0.15, -0.1) is 0 Å². The molecule has 4 heteroatoms. The molecule has 0 unspecified atom stereocenters. The number of fused-ring (bicyclic) bond motifs is 1. The van der Waals surface area contributed by atoms with Gasteiger partial charge in [-0.3, -0.25) is 4.79 Å². The summed E-state index contributed by atoms with van der Waals surface area (Å²) in [6, 6.07) is 7.79. The fourth-order valence-electron chi connectivity index (χ4n) is 2.60. The van der Waals surface area contributed by atoms with Crippen LogP contribution in [0.3, 0.4) is 0 Å². The van der Waals surface area contributed by atoms with Crippen LogP contribution in [0.2, 0.25) is 0 Å². The third-order valence-electron chi connectivity index (χ3n) is 3.61. The average Bonchev–Trinajstić information content (AvgIpc) is 2.99. The fraction of sp³-hybridized carbons (Fsp3) is 0.357. The molecule has 94 valence electrons. The number of rotatable bonds is 2. The molecule has 1 aromatic carbocycles. The minimum absolute atomic E-state index is 0.201. The van der Waals surface area contributed by atoms with E-state index in [4.69, 9.17) is 5.73 Å². The predicted molar refractivity (Wildman–Crippen MR) is 72.2 cm³/mol. The number of hydrogen-bond donors (Lipinski definition) is 1. The largest absolute Gasteiger partial charge is 0.398 e. The number of carbonyl (C=O) groups excluding carboxylic acids is 1. The van der Waals surface area contributed by atoms with Crippen LogP contribution in [0.4, 0.5) is 5.69 Å². The summed E-state index contributed by atoms with van der Waals surface area (Å²) in [6.07, 6.45) is 4.20. The first-order valence-electron chi connectivity index (χ1n) is 6.37. The molecule has 0 bridgehead atoms. The summed E-state index contributed by atoms with van der Waals surface area (Å²) >= 11 is 0. The van der Waals surface area contributed by atoms with Crippen LogP contribution in [0.25, 0.3) is 10.9 Å². The molecule has 0 radical (unpaired) electrons. The van der Waals surface area contributed by atoms with Crippen molar-refractivity contribution in [2.75, 3.05) is 18.8 Å². The Kier molecular flexibility index (Phi) is 2.70. The van der Waals surface area contributed by atoms with Gasteiger partial charge in [-0.1, -0.05) is 6.07 Å². The second-order valence-corrected chi connectivity index (χ2v) is 4.81. The molecule has 3 rings (SSSR count). The summed E-state index contributed by atoms with van der Waals surface area (Å²) in [5.41, 5.74) is 7.71. The number of anilines is 1. The minimum Gasteiger partial charge on any atom is -0.398 e. The third-order valence-corrected chi connectivity index (χ3v) is 3.61. The van der Waals surface area contributed by atoms with E-state index in [0.717, 1.165) is 42.5 Å². The third kappa shape index (κ3) is 1.83. The zero-order chi connectivity index (χ0) is 12.5. The number of nitrogens with two attached hydrogens (primary N) is 1. The molecule has 1 saturated heterocycles. The van der Waals surface area contributed by atoms with Gasteiger partial charge in [0, 0.05) is 30.4 Å². The molecular weight excluding hydrogens is 226 g/mol. The maximum absolute atomic E-state index is 12.1. The number of nitrogen functional groups attached to an aromatic ring is 1. The van der Waals surface area contributed by atoms with E-state index in [1.807, 2.05) is 39.9 Å². The van der Waals surface area contributed by atoms with Crippen molar-refractivity contribution < 1.29 is 4.79 Å². The number of nitrogens with zero attached hydrogens (tertiary/aromatic N) is 2. The van der Waals surface area contributed by atoms with Gasteiger partial charge in [0.05, 0.1) is 5.52 Å². The molecule has 1 aromatic heterocycles. The molecule has 2 heterocycles. The number of aromatic nitrogens is 1. The van der Waals surface area contributed by atoms with Crippen molar-refractivity contribution in [2.45, 2.75) is 19.4 Å². The first-order valence-corrected chi connectivity index (χ1v) is 6.37. The van der Waals surface area contributed by atoms with Crippen LogP contribution in [0.5, 0.6) is 0 Å². The Labute approximate surface area is 106 Å². The summed E-state index contributed by atoms with van der Waals surface area (Å²) in [7, 11) is 0. The molecule has 1 aliphatic rings. The van der Waals surface area contributed by atoms with Crippen molar-refractivity contribution >= 4 is 22.5 Å². The Morgan fingerprint density at radius 2 is 2.00 bits per heavy atom. The lowest BCUT2D eigenvalue weighted by atomic mass is 10.2. The van der Waals surface area contributed by atoms with Gasteiger partial charge in [0.15, 0.2) is 0 Å². The standard InChI is InChI=1S/C14H17N3O/c15-12-4-3-5-13-11(12)6-9-17(13)10-14(18)16-7-1-2-8-16/h3-6,9H,1-2,7-8,10,15H2. The lowest BCUT2D eigenvalue weighted by Crippen LogP contribution is -2.30. The number of benzene rings is 1. The van der Waals surface area contributed by atoms with Crippen LogP contribution in [0.15, 0.2) is 30.5 Å². The first-order chi connectivity index (χ1) is 8.75. The van der Waals surface area contributed by atoms with E-state index in [2.05, 4.69) is 0 Å². The molecular formula is C14H17N3O. The molecule has 1 fully saturated rings. The average molecular weight is 243 g/mol. The van der Waals surface area contributed by atoms with Crippen molar-refractivity contribution in [3.05, 3.63) is 30.5 Å². The quantitative estimate of drug-likeness (QED) is 0.818. The molecule has 0 atom stereocenters. The molecule has 4 nitrogen and oxygen atoms in total. The zero-order valence-corrected chi connectivity index (χ0v) is 10.3. The van der Waals surface area contributed by atoms with Crippen LogP contribution in [-0.4, -0.2) is 28.5 Å². The first kappa shape index (κ1) is 11.1. The normalized spacial score (nSPS) is 15.4. The van der Waals surface area contributed by atoms with E-state index < -0.39 is 0 Å². The fourth-order valence-corrected chi connectivity index (χ4v) is 2.60. The van der Waals surface area contributed by atoms with Crippen molar-refractivity contribution in [3.63, 3.8) is 0 Å². The zero-order valence-electron chi connectivity index (χ0n) is 10.3. The van der Waals surface area contributed by atoms with Gasteiger partial charge in [-0.25, -0.2) is 0 Å². The molecule has 0 saturated carbocycles. The van der Waals surface area contributed by atoms with Gasteiger partial charge in [-0.2, -0.15) is 0 Å². The molecule has 2 N–H and O–H groups in total. The molecule has 0 spiro atoms. The Morgan fingerprint density at radius 1 is 1.22 bits per heavy atom. The molecule has 2 aromatic rings. The Balaban J connectivity index is 1.86. The number of likely N-dealkylation sites (tertiary alicyclic amines) is 1. The van der Waals surface area contributed by atoms with Crippen LogP contribution < -0.4 is 5.73 Å². The molecule has 1 amide bonds. The lowest BCUT2D eigenvalue weighted by Gasteiger charge is -2.16.